The highest BCUT2D eigenvalue weighted by molar-refractivity contribution is 5.69. The van der Waals surface area contributed by atoms with E-state index >= 15 is 0 Å². The molecule has 0 bridgehead atoms. The fraction of sp³-hybridized carbons (Fsp3) is 0.600. The van der Waals surface area contributed by atoms with Gasteiger partial charge in [0.25, 0.3) is 0 Å². The summed E-state index contributed by atoms with van der Waals surface area (Å²) in [4.78, 5) is 21.0. The second kappa shape index (κ2) is 5.97. The Kier molecular flexibility index (Phi) is 4.62. The zero-order chi connectivity index (χ0) is 12.8. The minimum atomic E-state index is -0.533. The van der Waals surface area contributed by atoms with Crippen LogP contribution in [-0.4, -0.2) is 27.3 Å². The summed E-state index contributed by atoms with van der Waals surface area (Å²) in [5.74, 6) is -0.426. The molecule has 1 heterocycles. The molecule has 1 aromatic rings. The van der Waals surface area contributed by atoms with Crippen LogP contribution >= 0.6 is 0 Å². The Morgan fingerprint density at radius 3 is 2.88 bits per heavy atom. The molecule has 0 aliphatic carbocycles. The van der Waals surface area contributed by atoms with Crippen LogP contribution in [0.3, 0.4) is 0 Å². The van der Waals surface area contributed by atoms with E-state index in [4.69, 9.17) is 4.74 Å². The van der Waals surface area contributed by atoms with Crippen molar-refractivity contribution >= 4 is 11.8 Å². The van der Waals surface area contributed by atoms with Crippen LogP contribution in [0.1, 0.15) is 25.5 Å². The van der Waals surface area contributed by atoms with Crippen LogP contribution in [0.5, 0.6) is 0 Å². The Morgan fingerprint density at radius 2 is 2.35 bits per heavy atom. The van der Waals surface area contributed by atoms with Crippen molar-refractivity contribution in [3.05, 3.63) is 21.9 Å². The van der Waals surface area contributed by atoms with Crippen molar-refractivity contribution in [2.24, 2.45) is 0 Å². The van der Waals surface area contributed by atoms with Crippen molar-refractivity contribution in [2.45, 2.75) is 33.2 Å². The summed E-state index contributed by atoms with van der Waals surface area (Å²) in [6.45, 7) is 4.33. The van der Waals surface area contributed by atoms with Crippen molar-refractivity contribution in [1.29, 1.82) is 0 Å². The van der Waals surface area contributed by atoms with Crippen LogP contribution in [0.4, 0.5) is 5.82 Å². The van der Waals surface area contributed by atoms with E-state index < -0.39 is 4.92 Å². The van der Waals surface area contributed by atoms with Crippen molar-refractivity contribution in [1.82, 2.24) is 9.78 Å². The minimum Gasteiger partial charge on any atom is -0.466 e. The molecular weight excluding hydrogens is 226 g/mol. The predicted octanol–water partition coefficient (Wildman–Crippen LogP) is 1.44. The van der Waals surface area contributed by atoms with E-state index in [0.29, 0.717) is 31.7 Å². The van der Waals surface area contributed by atoms with Gasteiger partial charge in [0, 0.05) is 6.42 Å². The average Bonchev–Trinajstić information content (AvgIpc) is 2.61. The van der Waals surface area contributed by atoms with E-state index in [9.17, 15) is 14.9 Å². The van der Waals surface area contributed by atoms with Crippen molar-refractivity contribution in [3.8, 4) is 0 Å². The molecule has 0 aromatic carbocycles. The highest BCUT2D eigenvalue weighted by Gasteiger charge is 2.15. The quantitative estimate of drug-likeness (QED) is 0.427. The molecule has 0 atom stereocenters. The van der Waals surface area contributed by atoms with Gasteiger partial charge in [0.15, 0.2) is 0 Å². The van der Waals surface area contributed by atoms with Gasteiger partial charge in [-0.15, -0.1) is 0 Å². The monoisotopic (exact) mass is 241 g/mol. The van der Waals surface area contributed by atoms with Gasteiger partial charge in [-0.3, -0.25) is 4.79 Å². The topological polar surface area (TPSA) is 87.3 Å². The maximum absolute atomic E-state index is 11.1. The SMILES string of the molecule is CCOC(=O)CCCn1nc([N+](=O)[O-])cc1C. The molecule has 1 rings (SSSR count). The number of rotatable bonds is 6. The van der Waals surface area contributed by atoms with Gasteiger partial charge >= 0.3 is 11.8 Å². The second-order valence-corrected chi connectivity index (χ2v) is 3.53. The maximum Gasteiger partial charge on any atom is 0.390 e. The van der Waals surface area contributed by atoms with Crippen LogP contribution in [0.25, 0.3) is 0 Å². The zero-order valence-electron chi connectivity index (χ0n) is 9.88. The molecule has 0 saturated carbocycles. The Balaban J connectivity index is 2.46. The third-order valence-electron chi connectivity index (χ3n) is 2.21. The van der Waals surface area contributed by atoms with Crippen molar-refractivity contribution in [3.63, 3.8) is 0 Å². The van der Waals surface area contributed by atoms with Gasteiger partial charge in [-0.25, -0.2) is 0 Å². The Bertz CT molecular complexity index is 414. The lowest BCUT2D eigenvalue weighted by Gasteiger charge is -2.01. The lowest BCUT2D eigenvalue weighted by Crippen LogP contribution is -2.08. The summed E-state index contributed by atoms with van der Waals surface area (Å²) >= 11 is 0. The van der Waals surface area contributed by atoms with E-state index in [1.165, 1.54) is 10.7 Å². The van der Waals surface area contributed by atoms with Gasteiger partial charge in [0.2, 0.25) is 0 Å². The standard InChI is InChI=1S/C10H15N3O4/c1-3-17-10(14)5-4-6-12-8(2)7-9(11-12)13(15)16/h7H,3-6H2,1-2H3. The molecule has 0 N–H and O–H groups in total. The van der Waals surface area contributed by atoms with E-state index in [0.717, 1.165) is 0 Å². The first kappa shape index (κ1) is 13.1. The number of carbonyl (C=O) groups excluding carboxylic acids is 1. The first-order chi connectivity index (χ1) is 8.04. The summed E-state index contributed by atoms with van der Waals surface area (Å²) in [5, 5.41) is 14.3. The van der Waals surface area contributed by atoms with E-state index in [1.54, 1.807) is 13.8 Å². The summed E-state index contributed by atoms with van der Waals surface area (Å²) in [5.41, 5.74) is 0.709. The Hall–Kier alpha value is -1.92. The average molecular weight is 241 g/mol. The normalized spacial score (nSPS) is 10.2. The molecule has 0 saturated heterocycles. The number of hydrogen-bond acceptors (Lipinski definition) is 5. The molecule has 7 nitrogen and oxygen atoms in total. The van der Waals surface area contributed by atoms with E-state index in [-0.39, 0.29) is 11.8 Å². The molecule has 0 spiro atoms. The molecule has 1 aromatic heterocycles. The highest BCUT2D eigenvalue weighted by atomic mass is 16.6. The predicted molar refractivity (Wildman–Crippen MR) is 59.5 cm³/mol. The third kappa shape index (κ3) is 3.86. The summed E-state index contributed by atoms with van der Waals surface area (Å²) in [6.07, 6.45) is 0.847. The third-order valence-corrected chi connectivity index (χ3v) is 2.21. The number of esters is 1. The summed E-state index contributed by atoms with van der Waals surface area (Å²) in [7, 11) is 0. The summed E-state index contributed by atoms with van der Waals surface area (Å²) < 4.78 is 6.30. The smallest absolute Gasteiger partial charge is 0.390 e. The van der Waals surface area contributed by atoms with E-state index in [1.807, 2.05) is 0 Å². The number of nitrogens with zero attached hydrogens (tertiary/aromatic N) is 3. The number of nitro groups is 1. The number of ether oxygens (including phenoxy) is 1. The molecule has 94 valence electrons. The summed E-state index contributed by atoms with van der Waals surface area (Å²) in [6, 6.07) is 1.41. The van der Waals surface area contributed by atoms with Gasteiger partial charge in [-0.1, -0.05) is 0 Å². The lowest BCUT2D eigenvalue weighted by atomic mass is 10.3. The zero-order valence-corrected chi connectivity index (χ0v) is 9.88. The van der Waals surface area contributed by atoms with Crippen LogP contribution in [0.2, 0.25) is 0 Å². The lowest BCUT2D eigenvalue weighted by molar-refractivity contribution is -0.389. The number of aromatic nitrogens is 2. The molecule has 0 fully saturated rings. The fourth-order valence-electron chi connectivity index (χ4n) is 1.41. The molecule has 7 heteroatoms. The van der Waals surface area contributed by atoms with Crippen LogP contribution in [0.15, 0.2) is 6.07 Å². The Labute approximate surface area is 98.5 Å². The highest BCUT2D eigenvalue weighted by Crippen LogP contribution is 2.11. The number of hydrogen-bond donors (Lipinski definition) is 0. The number of carbonyl (C=O) groups is 1. The Morgan fingerprint density at radius 1 is 1.65 bits per heavy atom. The van der Waals surface area contributed by atoms with Gasteiger partial charge < -0.3 is 14.9 Å². The van der Waals surface area contributed by atoms with Crippen molar-refractivity contribution < 1.29 is 14.5 Å². The molecule has 0 amide bonds. The first-order valence-corrected chi connectivity index (χ1v) is 5.39. The second-order valence-electron chi connectivity index (χ2n) is 3.53. The largest absolute Gasteiger partial charge is 0.466 e. The molecule has 17 heavy (non-hydrogen) atoms. The first-order valence-electron chi connectivity index (χ1n) is 5.39. The van der Waals surface area contributed by atoms with Gasteiger partial charge in [-0.2, -0.15) is 4.68 Å². The fourth-order valence-corrected chi connectivity index (χ4v) is 1.41. The van der Waals surface area contributed by atoms with Crippen LogP contribution in [-0.2, 0) is 16.1 Å². The molecule has 0 radical (unpaired) electrons. The van der Waals surface area contributed by atoms with Crippen LogP contribution in [0, 0.1) is 17.0 Å². The maximum atomic E-state index is 11.1. The molecular formula is C10H15N3O4. The minimum absolute atomic E-state index is 0.168. The molecule has 0 aliphatic heterocycles. The molecule has 0 unspecified atom stereocenters. The number of aryl methyl sites for hydroxylation is 2. The van der Waals surface area contributed by atoms with Crippen molar-refractivity contribution in [2.75, 3.05) is 6.61 Å². The van der Waals surface area contributed by atoms with Gasteiger partial charge in [0.1, 0.15) is 0 Å². The molecule has 0 aliphatic rings. The van der Waals surface area contributed by atoms with Gasteiger partial charge in [-0.05, 0) is 25.2 Å². The van der Waals surface area contributed by atoms with E-state index in [2.05, 4.69) is 5.10 Å². The van der Waals surface area contributed by atoms with Gasteiger partial charge in [0.05, 0.1) is 30.0 Å². The van der Waals surface area contributed by atoms with Crippen LogP contribution < -0.4 is 0 Å².